The van der Waals surface area contributed by atoms with E-state index in [1.807, 2.05) is 56.3 Å². The lowest BCUT2D eigenvalue weighted by Crippen LogP contribution is -2.52. The molecule has 1 heterocycles. The Hall–Kier alpha value is -2.49. The van der Waals surface area contributed by atoms with Crippen molar-refractivity contribution in [3.8, 4) is 5.75 Å². The van der Waals surface area contributed by atoms with Gasteiger partial charge in [-0.15, -0.1) is 24.0 Å². The molecule has 0 atom stereocenters. The van der Waals surface area contributed by atoms with Gasteiger partial charge in [0.1, 0.15) is 5.75 Å². The van der Waals surface area contributed by atoms with Crippen LogP contribution in [0.25, 0.3) is 0 Å². The Morgan fingerprint density at radius 3 is 2.31 bits per heavy atom. The molecular weight excluding hydrogens is 517 g/mol. The van der Waals surface area contributed by atoms with Crippen LogP contribution in [0.3, 0.4) is 0 Å². The predicted molar refractivity (Wildman–Crippen MR) is 142 cm³/mol. The number of amides is 1. The van der Waals surface area contributed by atoms with E-state index < -0.39 is 0 Å². The van der Waals surface area contributed by atoms with Gasteiger partial charge in [-0.2, -0.15) is 0 Å². The summed E-state index contributed by atoms with van der Waals surface area (Å²) in [5.74, 6) is 1.20. The zero-order valence-corrected chi connectivity index (χ0v) is 21.4. The summed E-state index contributed by atoms with van der Waals surface area (Å²) < 4.78 is 0. The summed E-state index contributed by atoms with van der Waals surface area (Å²) in [6.07, 6.45) is 0. The molecule has 0 bridgehead atoms. The van der Waals surface area contributed by atoms with E-state index >= 15 is 0 Å². The molecule has 32 heavy (non-hydrogen) atoms. The number of aliphatic imine (C=N–C) groups is 1. The molecule has 1 aliphatic rings. The number of rotatable bonds is 6. The minimum absolute atomic E-state index is 0. The summed E-state index contributed by atoms with van der Waals surface area (Å²) >= 11 is 0. The van der Waals surface area contributed by atoms with Gasteiger partial charge in [-0.1, -0.05) is 38.1 Å². The van der Waals surface area contributed by atoms with Crippen molar-refractivity contribution in [2.24, 2.45) is 10.9 Å². The van der Waals surface area contributed by atoms with E-state index in [0.29, 0.717) is 12.3 Å². The zero-order valence-electron chi connectivity index (χ0n) is 19.0. The van der Waals surface area contributed by atoms with Crippen LogP contribution < -0.4 is 15.5 Å². The standard InChI is InChI=1S/C24H33N5O2.HI/c1-4-25-24(26-17-19-9-11-20(12-10-19)27-23(31)18(2)3)29-15-13-28(14-16-29)21-7-5-6-8-22(21)30;/h5-12,18,30H,4,13-17H2,1-3H3,(H,25,26)(H,27,31);1H. The molecule has 0 radical (unpaired) electrons. The number of phenols is 1. The Morgan fingerprint density at radius 1 is 1.06 bits per heavy atom. The van der Waals surface area contributed by atoms with E-state index in [9.17, 15) is 9.90 Å². The summed E-state index contributed by atoms with van der Waals surface area (Å²) in [5.41, 5.74) is 2.78. The van der Waals surface area contributed by atoms with Crippen LogP contribution in [0.1, 0.15) is 26.3 Å². The Kier molecular flexibility index (Phi) is 10.1. The van der Waals surface area contributed by atoms with Crippen molar-refractivity contribution in [3.63, 3.8) is 0 Å². The van der Waals surface area contributed by atoms with Gasteiger partial charge < -0.3 is 25.5 Å². The number of hydrogen-bond donors (Lipinski definition) is 3. The number of halogens is 1. The second-order valence-corrected chi connectivity index (χ2v) is 7.97. The number of nitrogens with one attached hydrogen (secondary N) is 2. The van der Waals surface area contributed by atoms with Crippen LogP contribution in [-0.4, -0.2) is 54.6 Å². The molecule has 1 amide bonds. The summed E-state index contributed by atoms with van der Waals surface area (Å²) in [7, 11) is 0. The van der Waals surface area contributed by atoms with Crippen LogP contribution in [-0.2, 0) is 11.3 Å². The Labute approximate surface area is 207 Å². The van der Waals surface area contributed by atoms with Gasteiger partial charge in [-0.25, -0.2) is 4.99 Å². The third-order valence-corrected chi connectivity index (χ3v) is 5.29. The van der Waals surface area contributed by atoms with Crippen molar-refractivity contribution >= 4 is 47.2 Å². The van der Waals surface area contributed by atoms with Gasteiger partial charge in [0, 0.05) is 44.3 Å². The van der Waals surface area contributed by atoms with E-state index in [4.69, 9.17) is 4.99 Å². The number of nitrogens with zero attached hydrogens (tertiary/aromatic N) is 3. The highest BCUT2D eigenvalue weighted by Gasteiger charge is 2.21. The molecule has 1 fully saturated rings. The fourth-order valence-electron chi connectivity index (χ4n) is 3.46. The second-order valence-electron chi connectivity index (χ2n) is 7.97. The second kappa shape index (κ2) is 12.5. The largest absolute Gasteiger partial charge is 0.506 e. The highest BCUT2D eigenvalue weighted by Crippen LogP contribution is 2.27. The van der Waals surface area contributed by atoms with Crippen LogP contribution in [0.4, 0.5) is 11.4 Å². The Bertz CT molecular complexity index is 894. The van der Waals surface area contributed by atoms with E-state index in [1.54, 1.807) is 6.07 Å². The van der Waals surface area contributed by atoms with Crippen LogP contribution in [0.5, 0.6) is 5.75 Å². The number of para-hydroxylation sites is 2. The normalized spacial score (nSPS) is 14.2. The average Bonchev–Trinajstić information content (AvgIpc) is 2.78. The summed E-state index contributed by atoms with van der Waals surface area (Å²) in [4.78, 5) is 21.1. The zero-order chi connectivity index (χ0) is 22.2. The quantitative estimate of drug-likeness (QED) is 0.289. The van der Waals surface area contributed by atoms with E-state index in [-0.39, 0.29) is 35.8 Å². The van der Waals surface area contributed by atoms with Crippen molar-refractivity contribution in [2.45, 2.75) is 27.3 Å². The van der Waals surface area contributed by atoms with E-state index in [1.165, 1.54) is 0 Å². The Morgan fingerprint density at radius 2 is 1.72 bits per heavy atom. The molecule has 8 heteroatoms. The minimum Gasteiger partial charge on any atom is -0.506 e. The monoisotopic (exact) mass is 551 g/mol. The number of guanidine groups is 1. The molecule has 2 aromatic rings. The molecule has 2 aromatic carbocycles. The number of aromatic hydroxyl groups is 1. The van der Waals surface area contributed by atoms with Crippen molar-refractivity contribution in [3.05, 3.63) is 54.1 Å². The van der Waals surface area contributed by atoms with Gasteiger partial charge in [0.15, 0.2) is 5.96 Å². The number of benzene rings is 2. The van der Waals surface area contributed by atoms with Crippen LogP contribution in [0.15, 0.2) is 53.5 Å². The lowest BCUT2D eigenvalue weighted by atomic mass is 10.1. The molecule has 0 saturated carbocycles. The van der Waals surface area contributed by atoms with Gasteiger partial charge >= 0.3 is 0 Å². The molecule has 0 aliphatic carbocycles. The number of piperazine rings is 1. The minimum atomic E-state index is -0.0433. The highest BCUT2D eigenvalue weighted by atomic mass is 127. The van der Waals surface area contributed by atoms with Crippen molar-refractivity contribution in [2.75, 3.05) is 42.9 Å². The first kappa shape index (κ1) is 25.8. The fraction of sp³-hybridized carbons (Fsp3) is 0.417. The number of phenolic OH excluding ortho intramolecular Hbond substituents is 1. The molecule has 1 aliphatic heterocycles. The lowest BCUT2D eigenvalue weighted by Gasteiger charge is -2.37. The summed E-state index contributed by atoms with van der Waals surface area (Å²) in [6.45, 7) is 10.5. The first-order valence-electron chi connectivity index (χ1n) is 10.9. The summed E-state index contributed by atoms with van der Waals surface area (Å²) in [5, 5.41) is 16.4. The molecule has 0 aromatic heterocycles. The third-order valence-electron chi connectivity index (χ3n) is 5.29. The van der Waals surface area contributed by atoms with Crippen molar-refractivity contribution in [1.82, 2.24) is 10.2 Å². The lowest BCUT2D eigenvalue weighted by molar-refractivity contribution is -0.118. The Balaban J connectivity index is 0.00000363. The first-order valence-corrected chi connectivity index (χ1v) is 10.9. The maximum atomic E-state index is 11.8. The average molecular weight is 551 g/mol. The van der Waals surface area contributed by atoms with Crippen molar-refractivity contribution < 1.29 is 9.90 Å². The number of anilines is 2. The fourth-order valence-corrected chi connectivity index (χ4v) is 3.46. The molecule has 0 unspecified atom stereocenters. The van der Waals surface area contributed by atoms with Crippen LogP contribution >= 0.6 is 24.0 Å². The smallest absolute Gasteiger partial charge is 0.226 e. The topological polar surface area (TPSA) is 80.2 Å². The molecule has 174 valence electrons. The SMILES string of the molecule is CCNC(=NCc1ccc(NC(=O)C(C)C)cc1)N1CCN(c2ccccc2O)CC1.I. The predicted octanol–water partition coefficient (Wildman–Crippen LogP) is 3.89. The molecule has 3 N–H and O–H groups in total. The van der Waals surface area contributed by atoms with E-state index in [2.05, 4.69) is 27.4 Å². The van der Waals surface area contributed by atoms with Gasteiger partial charge in [0.2, 0.25) is 5.91 Å². The van der Waals surface area contributed by atoms with Gasteiger partial charge in [-0.05, 0) is 36.8 Å². The molecule has 0 spiro atoms. The molecule has 7 nitrogen and oxygen atoms in total. The van der Waals surface area contributed by atoms with Gasteiger partial charge in [0.05, 0.1) is 12.2 Å². The summed E-state index contributed by atoms with van der Waals surface area (Å²) in [6, 6.07) is 15.3. The van der Waals surface area contributed by atoms with Crippen molar-refractivity contribution in [1.29, 1.82) is 0 Å². The third kappa shape index (κ3) is 7.01. The van der Waals surface area contributed by atoms with Gasteiger partial charge in [0.25, 0.3) is 0 Å². The van der Waals surface area contributed by atoms with Crippen LogP contribution in [0, 0.1) is 5.92 Å². The molecular formula is C24H34IN5O2. The highest BCUT2D eigenvalue weighted by molar-refractivity contribution is 14.0. The maximum Gasteiger partial charge on any atom is 0.226 e. The molecule has 3 rings (SSSR count). The number of hydrogen-bond acceptors (Lipinski definition) is 4. The first-order chi connectivity index (χ1) is 15.0. The van der Waals surface area contributed by atoms with Crippen LogP contribution in [0.2, 0.25) is 0 Å². The maximum absolute atomic E-state index is 11.8. The van der Waals surface area contributed by atoms with Gasteiger partial charge in [-0.3, -0.25) is 4.79 Å². The molecule has 1 saturated heterocycles. The number of carbonyl (C=O) groups excluding carboxylic acids is 1. The van der Waals surface area contributed by atoms with E-state index in [0.717, 1.165) is 55.6 Å². The number of carbonyl (C=O) groups is 1.